The molecule has 1 aliphatic rings. The number of hydrogen-bond donors (Lipinski definition) is 1. The number of aliphatic hydroxyl groups excluding tert-OH is 1. The van der Waals surface area contributed by atoms with Gasteiger partial charge < -0.3 is 28.8 Å². The molecule has 7 nitrogen and oxygen atoms in total. The van der Waals surface area contributed by atoms with Crippen LogP contribution in [0.3, 0.4) is 0 Å². The predicted molar refractivity (Wildman–Crippen MR) is 59.9 cm³/mol. The van der Waals surface area contributed by atoms with Crippen LogP contribution >= 0.6 is 0 Å². The van der Waals surface area contributed by atoms with Gasteiger partial charge in [-0.25, -0.2) is 0 Å². The van der Waals surface area contributed by atoms with Crippen LogP contribution in [0, 0.1) is 0 Å². The number of rotatable bonds is 5. The Bertz CT molecular complexity index is 270. The Kier molecular flexibility index (Phi) is 5.97. The van der Waals surface area contributed by atoms with E-state index in [1.165, 1.54) is 28.3 Å². The van der Waals surface area contributed by atoms with E-state index >= 15 is 0 Å². The molecular formula is C11H20O7. The summed E-state index contributed by atoms with van der Waals surface area (Å²) in [5, 5.41) is 9.81. The van der Waals surface area contributed by atoms with Gasteiger partial charge in [0.1, 0.15) is 18.3 Å². The molecule has 1 aliphatic heterocycles. The van der Waals surface area contributed by atoms with Crippen molar-refractivity contribution in [3.05, 3.63) is 0 Å². The van der Waals surface area contributed by atoms with Crippen molar-refractivity contribution in [3.8, 4) is 0 Å². The summed E-state index contributed by atoms with van der Waals surface area (Å²) in [5.74, 6) is -0.477. The second-order valence-electron chi connectivity index (χ2n) is 4.00. The third-order valence-electron chi connectivity index (χ3n) is 2.79. The molecule has 1 heterocycles. The maximum atomic E-state index is 11.1. The molecule has 0 aromatic carbocycles. The van der Waals surface area contributed by atoms with Crippen molar-refractivity contribution in [3.63, 3.8) is 0 Å². The molecule has 1 rings (SSSR count). The molecule has 0 saturated carbocycles. The quantitative estimate of drug-likeness (QED) is 0.658. The van der Waals surface area contributed by atoms with Crippen molar-refractivity contribution < 1.29 is 33.6 Å². The van der Waals surface area contributed by atoms with E-state index in [0.717, 1.165) is 0 Å². The van der Waals surface area contributed by atoms with Crippen LogP contribution in [0.4, 0.5) is 0 Å². The summed E-state index contributed by atoms with van der Waals surface area (Å²) >= 11 is 0. The lowest BCUT2D eigenvalue weighted by Crippen LogP contribution is -2.61. The van der Waals surface area contributed by atoms with Crippen molar-refractivity contribution >= 4 is 5.97 Å². The van der Waals surface area contributed by atoms with Gasteiger partial charge in [-0.1, -0.05) is 0 Å². The molecule has 1 saturated heterocycles. The average Bonchev–Trinajstić information content (AvgIpc) is 2.29. The van der Waals surface area contributed by atoms with Crippen molar-refractivity contribution in [1.82, 2.24) is 0 Å². The first-order chi connectivity index (χ1) is 8.54. The Labute approximate surface area is 106 Å². The summed E-state index contributed by atoms with van der Waals surface area (Å²) < 4.78 is 25.9. The molecule has 7 heteroatoms. The van der Waals surface area contributed by atoms with Crippen molar-refractivity contribution in [2.45, 2.75) is 37.6 Å². The Balaban J connectivity index is 2.89. The third kappa shape index (κ3) is 3.39. The summed E-state index contributed by atoms with van der Waals surface area (Å²) in [4.78, 5) is 11.1. The molecular weight excluding hydrogens is 244 g/mol. The zero-order valence-corrected chi connectivity index (χ0v) is 11.0. The molecule has 106 valence electrons. The van der Waals surface area contributed by atoms with Crippen LogP contribution in [0.1, 0.15) is 6.92 Å². The lowest BCUT2D eigenvalue weighted by atomic mass is 9.98. The number of aliphatic hydroxyl groups is 1. The number of carbonyl (C=O) groups is 1. The Morgan fingerprint density at radius 1 is 1.17 bits per heavy atom. The minimum Gasteiger partial charge on any atom is -0.457 e. The molecule has 0 bridgehead atoms. The molecule has 0 amide bonds. The lowest BCUT2D eigenvalue weighted by Gasteiger charge is -2.42. The molecule has 0 unspecified atom stereocenters. The summed E-state index contributed by atoms with van der Waals surface area (Å²) in [5.41, 5.74) is 0. The highest BCUT2D eigenvalue weighted by Gasteiger charge is 2.48. The van der Waals surface area contributed by atoms with Gasteiger partial charge in [-0.05, 0) is 0 Å². The second-order valence-corrected chi connectivity index (χ2v) is 4.00. The fourth-order valence-corrected chi connectivity index (χ4v) is 2.06. The van der Waals surface area contributed by atoms with Crippen molar-refractivity contribution in [1.29, 1.82) is 0 Å². The Morgan fingerprint density at radius 2 is 1.78 bits per heavy atom. The fourth-order valence-electron chi connectivity index (χ4n) is 2.06. The van der Waals surface area contributed by atoms with Crippen LogP contribution in [0.5, 0.6) is 0 Å². The van der Waals surface area contributed by atoms with E-state index in [4.69, 9.17) is 23.7 Å². The molecule has 0 spiro atoms. The normalized spacial score (nSPS) is 36.4. The van der Waals surface area contributed by atoms with Gasteiger partial charge >= 0.3 is 5.97 Å². The summed E-state index contributed by atoms with van der Waals surface area (Å²) in [6, 6.07) is 0. The number of esters is 1. The summed E-state index contributed by atoms with van der Waals surface area (Å²) in [6.07, 6.45) is -3.85. The van der Waals surface area contributed by atoms with Gasteiger partial charge in [-0.2, -0.15) is 0 Å². The molecule has 0 aliphatic carbocycles. The molecule has 0 aromatic heterocycles. The van der Waals surface area contributed by atoms with Gasteiger partial charge in [0.2, 0.25) is 0 Å². The van der Waals surface area contributed by atoms with Gasteiger partial charge in [0.05, 0.1) is 6.61 Å². The maximum Gasteiger partial charge on any atom is 0.303 e. The summed E-state index contributed by atoms with van der Waals surface area (Å²) in [6.45, 7) is 1.50. The fraction of sp³-hybridized carbons (Fsp3) is 0.909. The zero-order valence-electron chi connectivity index (χ0n) is 11.0. The van der Waals surface area contributed by atoms with Crippen LogP contribution < -0.4 is 0 Å². The topological polar surface area (TPSA) is 83.5 Å². The monoisotopic (exact) mass is 264 g/mol. The predicted octanol–water partition coefficient (Wildman–Crippen LogP) is -0.688. The molecule has 0 aromatic rings. The zero-order chi connectivity index (χ0) is 13.7. The summed E-state index contributed by atoms with van der Waals surface area (Å²) in [7, 11) is 4.38. The van der Waals surface area contributed by atoms with E-state index in [9.17, 15) is 9.90 Å². The highest BCUT2D eigenvalue weighted by molar-refractivity contribution is 5.66. The van der Waals surface area contributed by atoms with Crippen LogP contribution in [0.2, 0.25) is 0 Å². The Morgan fingerprint density at radius 3 is 2.22 bits per heavy atom. The highest BCUT2D eigenvalue weighted by atomic mass is 16.7. The van der Waals surface area contributed by atoms with Gasteiger partial charge in [0.15, 0.2) is 12.4 Å². The van der Waals surface area contributed by atoms with E-state index in [0.29, 0.717) is 0 Å². The average molecular weight is 264 g/mol. The lowest BCUT2D eigenvalue weighted by molar-refractivity contribution is -0.298. The number of methoxy groups -OCH3 is 3. The van der Waals surface area contributed by atoms with E-state index in [2.05, 4.69) is 0 Å². The Hall–Kier alpha value is -0.730. The minimum absolute atomic E-state index is 0.212. The first-order valence-electron chi connectivity index (χ1n) is 5.60. The van der Waals surface area contributed by atoms with Gasteiger partial charge in [-0.3, -0.25) is 4.79 Å². The molecule has 5 atom stereocenters. The van der Waals surface area contributed by atoms with Crippen LogP contribution in [-0.2, 0) is 28.5 Å². The standard InChI is InChI=1S/C11H20O7/c1-6(12)17-9-8(15-3)7(5-14-2)18-11(13)10(9)16-4/h7-11,13H,5H2,1-4H3/t7-,8-,9+,10+,11-/m1/s1. The van der Waals surface area contributed by atoms with Crippen molar-refractivity contribution in [2.75, 3.05) is 27.9 Å². The van der Waals surface area contributed by atoms with E-state index in [1.54, 1.807) is 0 Å². The number of ether oxygens (including phenoxy) is 5. The highest BCUT2D eigenvalue weighted by Crippen LogP contribution is 2.26. The third-order valence-corrected chi connectivity index (χ3v) is 2.79. The van der Waals surface area contributed by atoms with E-state index < -0.39 is 36.7 Å². The van der Waals surface area contributed by atoms with E-state index in [1.807, 2.05) is 0 Å². The smallest absolute Gasteiger partial charge is 0.303 e. The first-order valence-corrected chi connectivity index (χ1v) is 5.60. The van der Waals surface area contributed by atoms with Gasteiger partial charge in [-0.15, -0.1) is 0 Å². The molecule has 0 radical (unpaired) electrons. The molecule has 1 fully saturated rings. The van der Waals surface area contributed by atoms with Crippen LogP contribution in [-0.4, -0.2) is 69.7 Å². The number of hydrogen-bond acceptors (Lipinski definition) is 7. The first kappa shape index (κ1) is 15.3. The van der Waals surface area contributed by atoms with Gasteiger partial charge in [0, 0.05) is 28.3 Å². The molecule has 1 N–H and O–H groups in total. The maximum absolute atomic E-state index is 11.1. The van der Waals surface area contributed by atoms with Crippen LogP contribution in [0.15, 0.2) is 0 Å². The second kappa shape index (κ2) is 7.01. The number of carbonyl (C=O) groups excluding carboxylic acids is 1. The van der Waals surface area contributed by atoms with Crippen molar-refractivity contribution in [2.24, 2.45) is 0 Å². The van der Waals surface area contributed by atoms with Gasteiger partial charge in [0.25, 0.3) is 0 Å². The SMILES string of the molecule is COC[C@H]1O[C@@H](O)[C@@H](OC)[C@@H](OC(C)=O)[C@@H]1OC. The minimum atomic E-state index is -1.20. The van der Waals surface area contributed by atoms with E-state index in [-0.39, 0.29) is 6.61 Å². The van der Waals surface area contributed by atoms with Crippen LogP contribution in [0.25, 0.3) is 0 Å². The molecule has 18 heavy (non-hydrogen) atoms. The largest absolute Gasteiger partial charge is 0.457 e.